The maximum absolute atomic E-state index is 13.3. The molecule has 164 valence electrons. The van der Waals surface area contributed by atoms with E-state index in [1.54, 1.807) is 10.9 Å². The number of amides is 1. The van der Waals surface area contributed by atoms with Crippen LogP contribution in [-0.2, 0) is 0 Å². The number of likely N-dealkylation sites (tertiary alicyclic amines) is 1. The molecule has 6 heteroatoms. The maximum Gasteiger partial charge on any atom is 0.257 e. The van der Waals surface area contributed by atoms with E-state index in [2.05, 4.69) is 5.10 Å². The number of carbonyl (C=O) groups is 2. The minimum absolute atomic E-state index is 0.0194. The Morgan fingerprint density at radius 2 is 1.75 bits per heavy atom. The molecule has 1 amide bonds. The van der Waals surface area contributed by atoms with Gasteiger partial charge < -0.3 is 9.64 Å². The van der Waals surface area contributed by atoms with Crippen LogP contribution in [0.15, 0.2) is 48.7 Å². The van der Waals surface area contributed by atoms with Crippen LogP contribution < -0.4 is 4.74 Å². The molecule has 0 saturated carbocycles. The highest BCUT2D eigenvalue weighted by Gasteiger charge is 2.44. The summed E-state index contributed by atoms with van der Waals surface area (Å²) in [5.74, 6) is 0.837. The number of nitrogens with zero attached hydrogens (tertiary/aromatic N) is 3. The lowest BCUT2D eigenvalue weighted by molar-refractivity contribution is -0.00621. The van der Waals surface area contributed by atoms with Gasteiger partial charge in [-0.25, -0.2) is 4.68 Å². The van der Waals surface area contributed by atoms with E-state index in [0.29, 0.717) is 43.5 Å². The van der Waals surface area contributed by atoms with Crippen LogP contribution in [-0.4, -0.2) is 45.1 Å². The van der Waals surface area contributed by atoms with Gasteiger partial charge in [0.05, 0.1) is 35.1 Å². The number of aromatic nitrogens is 2. The minimum Gasteiger partial charge on any atom is -0.486 e. The van der Waals surface area contributed by atoms with Gasteiger partial charge in [-0.05, 0) is 50.1 Å². The highest BCUT2D eigenvalue weighted by atomic mass is 16.5. The van der Waals surface area contributed by atoms with Crippen molar-refractivity contribution in [1.82, 2.24) is 14.7 Å². The fraction of sp³-hybridized carbons (Fsp3) is 0.346. The number of benzene rings is 2. The van der Waals surface area contributed by atoms with E-state index in [-0.39, 0.29) is 11.7 Å². The van der Waals surface area contributed by atoms with Gasteiger partial charge in [0.2, 0.25) is 0 Å². The molecule has 2 aliphatic heterocycles. The van der Waals surface area contributed by atoms with Crippen molar-refractivity contribution in [3.8, 4) is 11.4 Å². The Kier molecular flexibility index (Phi) is 4.88. The third-order valence-corrected chi connectivity index (χ3v) is 6.98. The number of piperidine rings is 1. The Balaban J connectivity index is 1.33. The Bertz CT molecular complexity index is 1200. The number of ketones is 1. The van der Waals surface area contributed by atoms with Crippen molar-refractivity contribution in [3.05, 3.63) is 76.6 Å². The maximum atomic E-state index is 13.3. The van der Waals surface area contributed by atoms with E-state index in [0.717, 1.165) is 28.3 Å². The topological polar surface area (TPSA) is 64.4 Å². The molecule has 0 aliphatic carbocycles. The first-order chi connectivity index (χ1) is 15.4. The molecule has 2 aromatic carbocycles. The van der Waals surface area contributed by atoms with Crippen LogP contribution in [0.4, 0.5) is 0 Å². The van der Waals surface area contributed by atoms with E-state index in [1.165, 1.54) is 0 Å². The van der Waals surface area contributed by atoms with Gasteiger partial charge in [-0.15, -0.1) is 0 Å². The summed E-state index contributed by atoms with van der Waals surface area (Å²) in [5.41, 5.74) is 4.67. The number of Topliss-reactive ketones (excluding diaryl/α,β-unsaturated/α-hetero) is 1. The zero-order chi connectivity index (χ0) is 22.5. The molecule has 3 aromatic rings. The third-order valence-electron chi connectivity index (χ3n) is 6.98. The SMILES string of the molecule is Cc1ccc2c(c1C)OC1(CCN(C(=O)c3cnn(-c4ccccc4)c3C)CC1)CC2=O. The second-order valence-corrected chi connectivity index (χ2v) is 8.95. The van der Waals surface area contributed by atoms with Gasteiger partial charge in [0.1, 0.15) is 11.4 Å². The predicted molar refractivity (Wildman–Crippen MR) is 122 cm³/mol. The van der Waals surface area contributed by atoms with E-state index in [9.17, 15) is 9.59 Å². The Morgan fingerprint density at radius 1 is 1.03 bits per heavy atom. The smallest absolute Gasteiger partial charge is 0.257 e. The highest BCUT2D eigenvalue weighted by Crippen LogP contribution is 2.42. The fourth-order valence-electron chi connectivity index (χ4n) is 4.80. The van der Waals surface area contributed by atoms with Crippen LogP contribution in [0.3, 0.4) is 0 Å². The van der Waals surface area contributed by atoms with E-state index >= 15 is 0 Å². The standard InChI is InChI=1S/C26H27N3O3/c1-17-9-10-21-23(30)15-26(32-24(21)18(17)2)11-13-28(14-12-26)25(31)22-16-27-29(19(22)3)20-7-5-4-6-8-20/h4-10,16H,11-15H2,1-3H3. The quantitative estimate of drug-likeness (QED) is 0.604. The first-order valence-corrected chi connectivity index (χ1v) is 11.1. The number of rotatable bonds is 2. The summed E-state index contributed by atoms with van der Waals surface area (Å²) >= 11 is 0. The number of aryl methyl sites for hydroxylation is 1. The molecule has 3 heterocycles. The van der Waals surface area contributed by atoms with Crippen molar-refractivity contribution >= 4 is 11.7 Å². The van der Waals surface area contributed by atoms with Crippen molar-refractivity contribution in [2.45, 2.75) is 45.6 Å². The number of fused-ring (bicyclic) bond motifs is 1. The van der Waals surface area contributed by atoms with Gasteiger partial charge in [-0.2, -0.15) is 5.10 Å². The van der Waals surface area contributed by atoms with Crippen LogP contribution in [0, 0.1) is 20.8 Å². The van der Waals surface area contributed by atoms with Crippen LogP contribution in [0.1, 0.15) is 56.8 Å². The molecule has 1 aromatic heterocycles. The molecule has 5 rings (SSSR count). The van der Waals surface area contributed by atoms with Crippen molar-refractivity contribution in [3.63, 3.8) is 0 Å². The molecule has 1 saturated heterocycles. The molecule has 0 unspecified atom stereocenters. The molecule has 6 nitrogen and oxygen atoms in total. The fourth-order valence-corrected chi connectivity index (χ4v) is 4.80. The van der Waals surface area contributed by atoms with E-state index < -0.39 is 5.60 Å². The first kappa shape index (κ1) is 20.5. The monoisotopic (exact) mass is 429 g/mol. The summed E-state index contributed by atoms with van der Waals surface area (Å²) in [4.78, 5) is 28.0. The largest absolute Gasteiger partial charge is 0.486 e. The summed E-state index contributed by atoms with van der Waals surface area (Å²) in [6.45, 7) is 7.07. The normalized spacial score (nSPS) is 17.2. The zero-order valence-electron chi connectivity index (χ0n) is 18.7. The van der Waals surface area contributed by atoms with Crippen molar-refractivity contribution in [2.24, 2.45) is 0 Å². The number of para-hydroxylation sites is 1. The molecular formula is C26H27N3O3. The van der Waals surface area contributed by atoms with Crippen molar-refractivity contribution in [2.75, 3.05) is 13.1 Å². The second kappa shape index (κ2) is 7.62. The van der Waals surface area contributed by atoms with Gasteiger partial charge in [-0.1, -0.05) is 24.3 Å². The Morgan fingerprint density at radius 3 is 2.47 bits per heavy atom. The lowest BCUT2D eigenvalue weighted by Gasteiger charge is -2.44. The Hall–Kier alpha value is -3.41. The van der Waals surface area contributed by atoms with Gasteiger partial charge in [0, 0.05) is 25.9 Å². The van der Waals surface area contributed by atoms with E-state index in [4.69, 9.17) is 4.74 Å². The number of hydrogen-bond donors (Lipinski definition) is 0. The molecule has 32 heavy (non-hydrogen) atoms. The number of ether oxygens (including phenoxy) is 1. The van der Waals surface area contributed by atoms with Crippen LogP contribution >= 0.6 is 0 Å². The Labute approximate surface area is 187 Å². The molecule has 0 N–H and O–H groups in total. The predicted octanol–water partition coefficient (Wildman–Crippen LogP) is 4.44. The molecule has 0 radical (unpaired) electrons. The van der Waals surface area contributed by atoms with Crippen LogP contribution in [0.5, 0.6) is 5.75 Å². The van der Waals surface area contributed by atoms with Crippen LogP contribution in [0.2, 0.25) is 0 Å². The van der Waals surface area contributed by atoms with Gasteiger partial charge in [0.25, 0.3) is 5.91 Å². The number of carbonyl (C=O) groups excluding carboxylic acids is 2. The molecule has 0 atom stereocenters. The second-order valence-electron chi connectivity index (χ2n) is 8.95. The van der Waals surface area contributed by atoms with Crippen molar-refractivity contribution < 1.29 is 14.3 Å². The summed E-state index contributed by atoms with van der Waals surface area (Å²) in [7, 11) is 0. The highest BCUT2D eigenvalue weighted by molar-refractivity contribution is 6.01. The summed E-state index contributed by atoms with van der Waals surface area (Å²) in [6, 6.07) is 13.7. The van der Waals surface area contributed by atoms with Gasteiger partial charge >= 0.3 is 0 Å². The molecule has 0 bridgehead atoms. The lowest BCUT2D eigenvalue weighted by atomic mass is 9.81. The molecular weight excluding hydrogens is 402 g/mol. The van der Waals surface area contributed by atoms with Gasteiger partial charge in [0.15, 0.2) is 5.78 Å². The molecule has 1 spiro atoms. The van der Waals surface area contributed by atoms with Gasteiger partial charge in [-0.3, -0.25) is 9.59 Å². The van der Waals surface area contributed by atoms with Crippen LogP contribution in [0.25, 0.3) is 5.69 Å². The minimum atomic E-state index is -0.525. The first-order valence-electron chi connectivity index (χ1n) is 11.1. The third kappa shape index (κ3) is 3.30. The summed E-state index contributed by atoms with van der Waals surface area (Å²) in [6.07, 6.45) is 3.31. The van der Waals surface area contributed by atoms with E-state index in [1.807, 2.05) is 68.1 Å². The zero-order valence-corrected chi connectivity index (χ0v) is 18.7. The lowest BCUT2D eigenvalue weighted by Crippen LogP contribution is -2.52. The summed E-state index contributed by atoms with van der Waals surface area (Å²) < 4.78 is 8.28. The molecule has 1 fully saturated rings. The molecule has 2 aliphatic rings. The average Bonchev–Trinajstić information content (AvgIpc) is 3.18. The number of hydrogen-bond acceptors (Lipinski definition) is 4. The van der Waals surface area contributed by atoms with Crippen molar-refractivity contribution in [1.29, 1.82) is 0 Å². The summed E-state index contributed by atoms with van der Waals surface area (Å²) in [5, 5.41) is 4.44. The average molecular weight is 430 g/mol.